The highest BCUT2D eigenvalue weighted by molar-refractivity contribution is 5.99. The molecule has 0 radical (unpaired) electrons. The number of nitrogens with one attached hydrogen (secondary N) is 3. The molecule has 5 rings (SSSR count). The van der Waals surface area contributed by atoms with Gasteiger partial charge >= 0.3 is 0 Å². The van der Waals surface area contributed by atoms with Gasteiger partial charge in [0.1, 0.15) is 42.5 Å². The van der Waals surface area contributed by atoms with Crippen LogP contribution in [-0.4, -0.2) is 45.6 Å². The molecule has 1 aromatic carbocycles. The van der Waals surface area contributed by atoms with Crippen molar-refractivity contribution in [1.29, 1.82) is 0 Å². The van der Waals surface area contributed by atoms with E-state index in [0.717, 1.165) is 22.4 Å². The summed E-state index contributed by atoms with van der Waals surface area (Å²) in [5, 5.41) is 7.16. The first-order chi connectivity index (χ1) is 16.6. The predicted molar refractivity (Wildman–Crippen MR) is 125 cm³/mol. The Morgan fingerprint density at radius 2 is 2.00 bits per heavy atom. The normalized spacial score (nSPS) is 13.7. The largest absolute Gasteiger partial charge is 0.486 e. The number of amides is 1. The number of oxazole rings is 1. The number of ether oxygens (including phenoxy) is 2. The van der Waals surface area contributed by atoms with E-state index in [1.807, 2.05) is 18.2 Å². The molecular formula is C24H26N6O4. The Balaban J connectivity index is 1.35. The molecule has 4 heterocycles. The second-order valence-electron chi connectivity index (χ2n) is 8.41. The van der Waals surface area contributed by atoms with Gasteiger partial charge in [-0.1, -0.05) is 19.9 Å². The highest BCUT2D eigenvalue weighted by Gasteiger charge is 2.22. The van der Waals surface area contributed by atoms with Gasteiger partial charge in [-0.3, -0.25) is 4.79 Å². The van der Waals surface area contributed by atoms with Gasteiger partial charge in [0.15, 0.2) is 17.9 Å². The monoisotopic (exact) mass is 462 g/mol. The van der Waals surface area contributed by atoms with Gasteiger partial charge < -0.3 is 29.5 Å². The molecule has 176 valence electrons. The number of benzene rings is 1. The molecule has 0 fully saturated rings. The Morgan fingerprint density at radius 1 is 1.15 bits per heavy atom. The lowest BCUT2D eigenvalue weighted by molar-refractivity contribution is 0.0949. The average molecular weight is 463 g/mol. The molecular weight excluding hydrogens is 436 g/mol. The van der Waals surface area contributed by atoms with E-state index < -0.39 is 0 Å². The van der Waals surface area contributed by atoms with Crippen LogP contribution >= 0.6 is 0 Å². The number of rotatable bonds is 8. The summed E-state index contributed by atoms with van der Waals surface area (Å²) in [6, 6.07) is 7.71. The molecule has 4 aromatic rings. The molecule has 10 heteroatoms. The number of fused-ring (bicyclic) bond motifs is 2. The van der Waals surface area contributed by atoms with Crippen molar-refractivity contribution in [2.24, 2.45) is 5.92 Å². The topological polar surface area (TPSA) is 127 Å². The van der Waals surface area contributed by atoms with Crippen LogP contribution in [0.4, 0.5) is 5.82 Å². The summed E-state index contributed by atoms with van der Waals surface area (Å²) < 4.78 is 16.6. The smallest absolute Gasteiger partial charge is 0.267 e. The first-order valence-electron chi connectivity index (χ1n) is 11.2. The third-order valence-electron chi connectivity index (χ3n) is 5.69. The molecule has 10 nitrogen and oxygen atoms in total. The average Bonchev–Trinajstić information content (AvgIpc) is 3.52. The molecule has 0 saturated heterocycles. The number of carbonyl (C=O) groups is 1. The molecule has 0 spiro atoms. The molecule has 1 aliphatic rings. The number of hydrogen-bond donors (Lipinski definition) is 3. The zero-order valence-corrected chi connectivity index (χ0v) is 19.0. The fourth-order valence-electron chi connectivity index (χ4n) is 3.97. The van der Waals surface area contributed by atoms with Crippen molar-refractivity contribution in [3.63, 3.8) is 0 Å². The standard InChI is InChI=1S/C24H26N6O4/c1-14(2)21(15-3-4-19-20(9-15)33-8-7-32-19)30-23-17-10-18(29-22(17)27-12-28-23)24(31)26-6-5-16-11-25-13-34-16/h3-4,9-14,21H,5-8H2,1-2H3,(H,26,31)(H2,27,28,29,30)/t21-/m1/s1. The molecule has 0 aliphatic carbocycles. The molecule has 0 bridgehead atoms. The van der Waals surface area contributed by atoms with E-state index in [1.54, 1.807) is 12.3 Å². The Labute approximate surface area is 196 Å². The van der Waals surface area contributed by atoms with Crippen molar-refractivity contribution in [1.82, 2.24) is 25.3 Å². The minimum Gasteiger partial charge on any atom is -0.486 e. The third-order valence-corrected chi connectivity index (χ3v) is 5.69. The molecule has 0 unspecified atom stereocenters. The molecule has 3 aromatic heterocycles. The minimum absolute atomic E-state index is 0.0389. The molecule has 1 atom stereocenters. The summed E-state index contributed by atoms with van der Waals surface area (Å²) in [6.07, 6.45) is 5.05. The third kappa shape index (κ3) is 4.52. The number of H-pyrrole nitrogens is 1. The molecule has 1 amide bonds. The van der Waals surface area contributed by atoms with E-state index in [4.69, 9.17) is 13.9 Å². The van der Waals surface area contributed by atoms with E-state index in [1.165, 1.54) is 12.7 Å². The second-order valence-corrected chi connectivity index (χ2v) is 8.41. The molecule has 1 aliphatic heterocycles. The van der Waals surface area contributed by atoms with Crippen LogP contribution < -0.4 is 20.1 Å². The quantitative estimate of drug-likeness (QED) is 0.363. The lowest BCUT2D eigenvalue weighted by Crippen LogP contribution is -2.25. The molecule has 0 saturated carbocycles. The zero-order chi connectivity index (χ0) is 23.5. The van der Waals surface area contributed by atoms with Crippen molar-refractivity contribution in [3.8, 4) is 11.5 Å². The lowest BCUT2D eigenvalue weighted by atomic mass is 9.95. The van der Waals surface area contributed by atoms with Gasteiger partial charge in [0, 0.05) is 13.0 Å². The predicted octanol–water partition coefficient (Wildman–Crippen LogP) is 3.50. The lowest BCUT2D eigenvalue weighted by Gasteiger charge is -2.26. The van der Waals surface area contributed by atoms with Crippen LogP contribution in [0.15, 0.2) is 47.6 Å². The van der Waals surface area contributed by atoms with Gasteiger partial charge in [0.2, 0.25) is 0 Å². The van der Waals surface area contributed by atoms with E-state index in [-0.39, 0.29) is 17.9 Å². The Kier molecular flexibility index (Phi) is 6.03. The van der Waals surface area contributed by atoms with E-state index >= 15 is 0 Å². The maximum Gasteiger partial charge on any atom is 0.267 e. The number of anilines is 1. The fraction of sp³-hybridized carbons (Fsp3) is 0.333. The van der Waals surface area contributed by atoms with Gasteiger partial charge in [0.25, 0.3) is 5.91 Å². The summed E-state index contributed by atoms with van der Waals surface area (Å²) in [5.41, 5.74) is 2.06. The van der Waals surface area contributed by atoms with Crippen molar-refractivity contribution in [2.45, 2.75) is 26.3 Å². The fourth-order valence-corrected chi connectivity index (χ4v) is 3.97. The molecule has 34 heavy (non-hydrogen) atoms. The SMILES string of the molecule is CC(C)[C@@H](Nc1ncnc2[nH]c(C(=O)NCCc3cnco3)cc12)c1ccc2c(c1)OCCO2. The van der Waals surface area contributed by atoms with Gasteiger partial charge in [-0.25, -0.2) is 15.0 Å². The van der Waals surface area contributed by atoms with Gasteiger partial charge in [-0.15, -0.1) is 0 Å². The first-order valence-corrected chi connectivity index (χ1v) is 11.2. The second kappa shape index (κ2) is 9.42. The zero-order valence-electron chi connectivity index (χ0n) is 19.0. The minimum atomic E-state index is -0.226. The number of aromatic nitrogens is 4. The summed E-state index contributed by atoms with van der Waals surface area (Å²) >= 11 is 0. The number of aromatic amines is 1. The Bertz CT molecular complexity index is 1280. The van der Waals surface area contributed by atoms with Crippen LogP contribution in [0.3, 0.4) is 0 Å². The van der Waals surface area contributed by atoms with Crippen molar-refractivity contribution in [2.75, 3.05) is 25.1 Å². The van der Waals surface area contributed by atoms with Crippen LogP contribution in [0.5, 0.6) is 11.5 Å². The van der Waals surface area contributed by atoms with Crippen molar-refractivity contribution in [3.05, 3.63) is 60.2 Å². The summed E-state index contributed by atoms with van der Waals surface area (Å²) in [7, 11) is 0. The number of hydrogen-bond acceptors (Lipinski definition) is 8. The van der Waals surface area contributed by atoms with Gasteiger partial charge in [-0.05, 0) is 29.7 Å². The maximum atomic E-state index is 12.7. The first kappa shape index (κ1) is 21.7. The number of carbonyl (C=O) groups excluding carboxylic acids is 1. The van der Waals surface area contributed by atoms with Crippen molar-refractivity contribution < 1.29 is 18.7 Å². The van der Waals surface area contributed by atoms with Crippen molar-refractivity contribution >= 4 is 22.8 Å². The van der Waals surface area contributed by atoms with Crippen LogP contribution in [-0.2, 0) is 6.42 Å². The van der Waals surface area contributed by atoms with E-state index in [2.05, 4.69) is 44.4 Å². The van der Waals surface area contributed by atoms with Crippen LogP contribution in [0.1, 0.15) is 41.7 Å². The Hall–Kier alpha value is -4.08. The highest BCUT2D eigenvalue weighted by atomic mass is 16.6. The summed E-state index contributed by atoms with van der Waals surface area (Å²) in [6.45, 7) is 5.80. The summed E-state index contributed by atoms with van der Waals surface area (Å²) in [4.78, 5) is 28.4. The summed E-state index contributed by atoms with van der Waals surface area (Å²) in [5.74, 6) is 2.89. The van der Waals surface area contributed by atoms with Gasteiger partial charge in [-0.2, -0.15) is 0 Å². The van der Waals surface area contributed by atoms with Crippen LogP contribution in [0.25, 0.3) is 11.0 Å². The van der Waals surface area contributed by atoms with Crippen LogP contribution in [0, 0.1) is 5.92 Å². The highest BCUT2D eigenvalue weighted by Crippen LogP contribution is 2.36. The van der Waals surface area contributed by atoms with Crippen LogP contribution in [0.2, 0.25) is 0 Å². The van der Waals surface area contributed by atoms with E-state index in [9.17, 15) is 4.79 Å². The Morgan fingerprint density at radius 3 is 2.79 bits per heavy atom. The van der Waals surface area contributed by atoms with Gasteiger partial charge in [0.05, 0.1) is 17.6 Å². The maximum absolute atomic E-state index is 12.7. The number of nitrogens with zero attached hydrogens (tertiary/aromatic N) is 3. The van der Waals surface area contributed by atoms with E-state index in [0.29, 0.717) is 49.1 Å². The molecule has 3 N–H and O–H groups in total.